The first kappa shape index (κ1) is 13.6. The maximum Gasteiger partial charge on any atom is 0.335 e. The van der Waals surface area contributed by atoms with Crippen LogP contribution in [0, 0.1) is 0 Å². The van der Waals surface area contributed by atoms with Crippen LogP contribution in [0.3, 0.4) is 0 Å². The molecule has 6 nitrogen and oxygen atoms in total. The van der Waals surface area contributed by atoms with Crippen LogP contribution in [0.5, 0.6) is 0 Å². The van der Waals surface area contributed by atoms with Crippen LogP contribution < -0.4 is 5.32 Å². The average molecular weight is 303 g/mol. The smallest absolute Gasteiger partial charge is 0.335 e. The highest BCUT2D eigenvalue weighted by atomic mass is 32.1. The molecular weight excluding hydrogens is 290 g/mol. The number of carboxylic acid groups (broad SMARTS) is 1. The van der Waals surface area contributed by atoms with Crippen molar-refractivity contribution >= 4 is 23.3 Å². The molecule has 0 fully saturated rings. The van der Waals surface area contributed by atoms with Crippen LogP contribution in [-0.2, 0) is 19.6 Å². The zero-order valence-corrected chi connectivity index (χ0v) is 11.9. The van der Waals surface area contributed by atoms with E-state index in [9.17, 15) is 9.59 Å². The van der Waals surface area contributed by atoms with Gasteiger partial charge in [0.1, 0.15) is 0 Å². The molecule has 0 radical (unpaired) electrons. The van der Waals surface area contributed by atoms with Crippen LogP contribution >= 0.6 is 11.3 Å². The Morgan fingerprint density at radius 2 is 2.14 bits per heavy atom. The molecule has 0 bridgehead atoms. The summed E-state index contributed by atoms with van der Waals surface area (Å²) >= 11 is 1.49. The Hall–Kier alpha value is -2.41. The number of carbonyl (C=O) groups is 2. The second-order valence-corrected chi connectivity index (χ2v) is 5.74. The third kappa shape index (κ3) is 2.87. The topological polar surface area (TPSA) is 82.5 Å². The highest BCUT2D eigenvalue weighted by Crippen LogP contribution is 2.24. The lowest BCUT2D eigenvalue weighted by molar-refractivity contribution is 0.0696. The van der Waals surface area contributed by atoms with Gasteiger partial charge < -0.3 is 15.3 Å². The van der Waals surface area contributed by atoms with Crippen molar-refractivity contribution < 1.29 is 14.7 Å². The summed E-state index contributed by atoms with van der Waals surface area (Å²) in [7, 11) is 0. The zero-order valence-electron chi connectivity index (χ0n) is 11.1. The number of aromatic nitrogens is 1. The number of fused-ring (bicyclic) bond motifs is 1. The summed E-state index contributed by atoms with van der Waals surface area (Å²) in [5.41, 5.74) is 3.86. The first-order chi connectivity index (χ1) is 10.1. The average Bonchev–Trinajstić information content (AvgIpc) is 3.12. The van der Waals surface area contributed by atoms with E-state index in [1.165, 1.54) is 11.3 Å². The molecule has 2 heterocycles. The molecule has 108 valence electrons. The van der Waals surface area contributed by atoms with Crippen LogP contribution in [0.1, 0.15) is 26.4 Å². The van der Waals surface area contributed by atoms with E-state index in [1.54, 1.807) is 34.8 Å². The molecule has 2 N–H and O–H groups in total. The Morgan fingerprint density at radius 1 is 1.33 bits per heavy atom. The van der Waals surface area contributed by atoms with Crippen molar-refractivity contribution in [2.75, 3.05) is 0 Å². The van der Waals surface area contributed by atoms with Crippen LogP contribution in [0.2, 0.25) is 0 Å². The van der Waals surface area contributed by atoms with E-state index in [1.807, 2.05) is 0 Å². The zero-order chi connectivity index (χ0) is 14.8. The molecule has 1 aliphatic heterocycles. The van der Waals surface area contributed by atoms with Gasteiger partial charge in [-0.05, 0) is 23.3 Å². The first-order valence-corrected chi connectivity index (χ1v) is 7.26. The van der Waals surface area contributed by atoms with Crippen molar-refractivity contribution in [3.8, 4) is 0 Å². The number of rotatable bonds is 3. The summed E-state index contributed by atoms with van der Waals surface area (Å²) in [6.45, 7) is 1.39. The molecule has 2 aromatic rings. The quantitative estimate of drug-likeness (QED) is 0.909. The number of hydrogen-bond acceptors (Lipinski definition) is 4. The summed E-state index contributed by atoms with van der Waals surface area (Å²) in [5.74, 6) is -0.953. The minimum absolute atomic E-state index is 0.156. The van der Waals surface area contributed by atoms with Crippen molar-refractivity contribution in [1.82, 2.24) is 15.2 Å². The van der Waals surface area contributed by atoms with Crippen molar-refractivity contribution in [1.29, 1.82) is 0 Å². The molecular formula is C14H13N3O3S. The maximum absolute atomic E-state index is 12.1. The molecule has 0 spiro atoms. The fourth-order valence-corrected chi connectivity index (χ4v) is 2.81. The number of hydrogen-bond donors (Lipinski definition) is 2. The second-order valence-electron chi connectivity index (χ2n) is 4.77. The molecule has 3 rings (SSSR count). The lowest BCUT2D eigenvalue weighted by Gasteiger charge is -2.15. The fourth-order valence-electron chi connectivity index (χ4n) is 2.28. The van der Waals surface area contributed by atoms with Crippen molar-refractivity contribution in [2.24, 2.45) is 0 Å². The predicted molar refractivity (Wildman–Crippen MR) is 77.0 cm³/mol. The van der Waals surface area contributed by atoms with E-state index >= 15 is 0 Å². The van der Waals surface area contributed by atoms with Gasteiger partial charge in [-0.2, -0.15) is 0 Å². The van der Waals surface area contributed by atoms with E-state index in [0.717, 1.165) is 16.0 Å². The van der Waals surface area contributed by atoms with Crippen LogP contribution in [0.4, 0.5) is 4.79 Å². The Balaban J connectivity index is 1.64. The van der Waals surface area contributed by atoms with Gasteiger partial charge in [-0.15, -0.1) is 11.3 Å². The molecule has 1 aromatic carbocycles. The number of nitrogens with zero attached hydrogens (tertiary/aromatic N) is 2. The number of thiazole rings is 1. The van der Waals surface area contributed by atoms with E-state index in [4.69, 9.17) is 5.11 Å². The van der Waals surface area contributed by atoms with Gasteiger partial charge in [0, 0.05) is 24.2 Å². The van der Waals surface area contributed by atoms with Crippen LogP contribution in [0.15, 0.2) is 29.9 Å². The molecule has 1 aromatic heterocycles. The normalized spacial score (nSPS) is 13.0. The molecule has 2 amide bonds. The Kier molecular flexibility index (Phi) is 3.57. The highest BCUT2D eigenvalue weighted by Gasteiger charge is 2.24. The number of urea groups is 1. The summed E-state index contributed by atoms with van der Waals surface area (Å²) in [6.07, 6.45) is 1.73. The molecule has 0 aliphatic carbocycles. The summed E-state index contributed by atoms with van der Waals surface area (Å²) in [4.78, 5) is 29.7. The maximum atomic E-state index is 12.1. The van der Waals surface area contributed by atoms with E-state index in [-0.39, 0.29) is 11.6 Å². The minimum Gasteiger partial charge on any atom is -0.478 e. The standard InChI is InChI=1S/C14H13N3O3S/c18-13(19)9-1-2-10-6-17(7-11(10)3-9)14(20)16-5-12-4-15-8-21-12/h1-4,8H,5-7H2,(H,16,20)(H,18,19). The molecule has 7 heteroatoms. The van der Waals surface area contributed by atoms with Crippen molar-refractivity contribution in [3.05, 3.63) is 51.5 Å². The number of benzene rings is 1. The van der Waals surface area contributed by atoms with Gasteiger partial charge in [0.05, 0.1) is 17.6 Å². The number of nitrogens with one attached hydrogen (secondary N) is 1. The Morgan fingerprint density at radius 3 is 2.86 bits per heavy atom. The van der Waals surface area contributed by atoms with Gasteiger partial charge in [0.2, 0.25) is 0 Å². The highest BCUT2D eigenvalue weighted by molar-refractivity contribution is 7.09. The SMILES string of the molecule is O=C(O)c1ccc2c(c1)CN(C(=O)NCc1cncs1)C2. The van der Waals surface area contributed by atoms with Gasteiger partial charge in [-0.3, -0.25) is 4.98 Å². The third-order valence-electron chi connectivity index (χ3n) is 3.36. The minimum atomic E-state index is -0.953. The van der Waals surface area contributed by atoms with Gasteiger partial charge in [0.25, 0.3) is 0 Å². The van der Waals surface area contributed by atoms with E-state index in [2.05, 4.69) is 10.3 Å². The molecule has 1 aliphatic rings. The predicted octanol–water partition coefficient (Wildman–Crippen LogP) is 2.07. The van der Waals surface area contributed by atoms with Crippen molar-refractivity contribution in [3.63, 3.8) is 0 Å². The lowest BCUT2D eigenvalue weighted by atomic mass is 10.1. The first-order valence-electron chi connectivity index (χ1n) is 6.39. The third-order valence-corrected chi connectivity index (χ3v) is 4.14. The van der Waals surface area contributed by atoms with E-state index in [0.29, 0.717) is 19.6 Å². The number of carbonyl (C=O) groups excluding carboxylic acids is 1. The summed E-state index contributed by atoms with van der Waals surface area (Å²) in [5, 5.41) is 11.8. The molecule has 0 unspecified atom stereocenters. The molecule has 0 atom stereocenters. The monoisotopic (exact) mass is 303 g/mol. The van der Waals surface area contributed by atoms with Gasteiger partial charge >= 0.3 is 12.0 Å². The van der Waals surface area contributed by atoms with E-state index < -0.39 is 5.97 Å². The molecule has 0 saturated carbocycles. The summed E-state index contributed by atoms with van der Waals surface area (Å²) in [6, 6.07) is 4.82. The lowest BCUT2D eigenvalue weighted by Crippen LogP contribution is -2.35. The van der Waals surface area contributed by atoms with Crippen LogP contribution in [0.25, 0.3) is 0 Å². The van der Waals surface area contributed by atoms with Gasteiger partial charge in [-0.1, -0.05) is 6.07 Å². The largest absolute Gasteiger partial charge is 0.478 e. The molecule has 0 saturated heterocycles. The Labute approximate surface area is 125 Å². The number of aromatic carboxylic acids is 1. The summed E-state index contributed by atoms with van der Waals surface area (Å²) < 4.78 is 0. The second kappa shape index (κ2) is 5.53. The van der Waals surface area contributed by atoms with Crippen LogP contribution in [-0.4, -0.2) is 27.0 Å². The fraction of sp³-hybridized carbons (Fsp3) is 0.214. The molecule has 21 heavy (non-hydrogen) atoms. The van der Waals surface area contributed by atoms with Gasteiger partial charge in [-0.25, -0.2) is 9.59 Å². The number of amides is 2. The Bertz CT molecular complexity index is 685. The van der Waals surface area contributed by atoms with Crippen molar-refractivity contribution in [2.45, 2.75) is 19.6 Å². The van der Waals surface area contributed by atoms with Gasteiger partial charge in [0.15, 0.2) is 0 Å². The number of carboxylic acids is 1.